The highest BCUT2D eigenvalue weighted by Crippen LogP contribution is 2.24. The number of carbonyl (C=O) groups excluding carboxylic acids is 1. The molecular weight excluding hydrogens is 330 g/mol. The molecule has 6 nitrogen and oxygen atoms in total. The van der Waals surface area contributed by atoms with Crippen LogP contribution in [0.25, 0.3) is 0 Å². The van der Waals surface area contributed by atoms with Crippen molar-refractivity contribution in [1.29, 1.82) is 0 Å². The predicted octanol–water partition coefficient (Wildman–Crippen LogP) is 2.70. The third-order valence-electron chi connectivity index (χ3n) is 3.44. The maximum absolute atomic E-state index is 12.7. The van der Waals surface area contributed by atoms with Gasteiger partial charge in [-0.2, -0.15) is 0 Å². The van der Waals surface area contributed by atoms with Gasteiger partial charge in [0.15, 0.2) is 0 Å². The number of rotatable bonds is 6. The second kappa shape index (κ2) is 7.35. The molecule has 0 heterocycles. The number of ether oxygens (including phenoxy) is 2. The smallest absolute Gasteiger partial charge is 0.338 e. The van der Waals surface area contributed by atoms with Crippen molar-refractivity contribution >= 4 is 21.7 Å². The Hall–Kier alpha value is -2.54. The van der Waals surface area contributed by atoms with E-state index in [1.165, 1.54) is 32.4 Å². The van der Waals surface area contributed by atoms with Crippen LogP contribution in [-0.2, 0) is 14.8 Å². The number of nitrogens with zero attached hydrogens (tertiary/aromatic N) is 1. The molecule has 2 rings (SSSR count). The number of benzene rings is 2. The molecule has 0 aliphatic heterocycles. The molecule has 0 fully saturated rings. The zero-order valence-corrected chi connectivity index (χ0v) is 14.5. The fraction of sp³-hybridized carbons (Fsp3) is 0.235. The maximum atomic E-state index is 12.7. The topological polar surface area (TPSA) is 72.9 Å². The zero-order valence-electron chi connectivity index (χ0n) is 13.7. The highest BCUT2D eigenvalue weighted by molar-refractivity contribution is 7.92. The third kappa shape index (κ3) is 3.68. The second-order valence-electron chi connectivity index (χ2n) is 4.92. The molecule has 0 aliphatic carbocycles. The zero-order chi connectivity index (χ0) is 17.7. The lowest BCUT2D eigenvalue weighted by atomic mass is 10.2. The molecule has 128 valence electrons. The lowest BCUT2D eigenvalue weighted by Crippen LogP contribution is -2.26. The summed E-state index contributed by atoms with van der Waals surface area (Å²) in [6, 6.07) is 12.4. The van der Waals surface area contributed by atoms with Gasteiger partial charge in [-0.1, -0.05) is 6.07 Å². The first-order valence-electron chi connectivity index (χ1n) is 7.30. The van der Waals surface area contributed by atoms with Crippen molar-refractivity contribution in [3.05, 3.63) is 54.1 Å². The first-order valence-corrected chi connectivity index (χ1v) is 8.74. The van der Waals surface area contributed by atoms with Crippen molar-refractivity contribution in [3.63, 3.8) is 0 Å². The fourth-order valence-electron chi connectivity index (χ4n) is 2.09. The average Bonchev–Trinajstić information content (AvgIpc) is 2.61. The van der Waals surface area contributed by atoms with E-state index in [9.17, 15) is 13.2 Å². The van der Waals surface area contributed by atoms with Crippen LogP contribution in [-0.4, -0.2) is 35.2 Å². The SMILES string of the molecule is CCOC(=O)c1cccc(N(C)S(=O)(=O)c2ccc(OC)cc2)c1. The highest BCUT2D eigenvalue weighted by Gasteiger charge is 2.22. The van der Waals surface area contributed by atoms with E-state index in [1.54, 1.807) is 37.3 Å². The largest absolute Gasteiger partial charge is 0.497 e. The standard InChI is InChI=1S/C17H19NO5S/c1-4-23-17(19)13-6-5-7-14(12-13)18(2)24(20,21)16-10-8-15(22-3)9-11-16/h5-12H,4H2,1-3H3. The Balaban J connectivity index is 2.34. The highest BCUT2D eigenvalue weighted by atomic mass is 32.2. The van der Waals surface area contributed by atoms with Gasteiger partial charge in [0.1, 0.15) is 5.75 Å². The molecule has 2 aromatic rings. The molecule has 0 saturated carbocycles. The van der Waals surface area contributed by atoms with Crippen LogP contribution in [0.1, 0.15) is 17.3 Å². The number of carbonyl (C=O) groups is 1. The summed E-state index contributed by atoms with van der Waals surface area (Å²) in [5.74, 6) is 0.0792. The van der Waals surface area contributed by atoms with Crippen molar-refractivity contribution in [3.8, 4) is 5.75 Å². The van der Waals surface area contributed by atoms with Crippen LogP contribution >= 0.6 is 0 Å². The van der Waals surface area contributed by atoms with Gasteiger partial charge in [-0.15, -0.1) is 0 Å². The summed E-state index contributed by atoms with van der Waals surface area (Å²) >= 11 is 0. The number of methoxy groups -OCH3 is 1. The Morgan fingerprint density at radius 2 is 1.79 bits per heavy atom. The van der Waals surface area contributed by atoms with Crippen molar-refractivity contribution in [2.24, 2.45) is 0 Å². The van der Waals surface area contributed by atoms with Gasteiger partial charge in [-0.25, -0.2) is 13.2 Å². The van der Waals surface area contributed by atoms with E-state index in [2.05, 4.69) is 0 Å². The first kappa shape index (κ1) is 17.8. The summed E-state index contributed by atoms with van der Waals surface area (Å²) in [7, 11) is -0.801. The van der Waals surface area contributed by atoms with E-state index in [4.69, 9.17) is 9.47 Å². The minimum Gasteiger partial charge on any atom is -0.497 e. The van der Waals surface area contributed by atoms with Gasteiger partial charge in [-0.3, -0.25) is 4.31 Å². The molecular formula is C17H19NO5S. The molecule has 0 unspecified atom stereocenters. The van der Waals surface area contributed by atoms with Gasteiger partial charge in [-0.05, 0) is 49.4 Å². The summed E-state index contributed by atoms with van der Waals surface area (Å²) in [4.78, 5) is 11.9. The molecule has 0 atom stereocenters. The number of hydrogen-bond acceptors (Lipinski definition) is 5. The number of sulfonamides is 1. The maximum Gasteiger partial charge on any atom is 0.338 e. The average molecular weight is 349 g/mol. The quantitative estimate of drug-likeness (QED) is 0.750. The summed E-state index contributed by atoms with van der Waals surface area (Å²) in [5, 5.41) is 0. The molecule has 0 N–H and O–H groups in total. The molecule has 0 aromatic heterocycles. The van der Waals surface area contributed by atoms with Gasteiger partial charge < -0.3 is 9.47 Å². The van der Waals surface area contributed by atoms with Gasteiger partial charge >= 0.3 is 5.97 Å². The Labute approximate surface area is 141 Å². The molecule has 2 aromatic carbocycles. The van der Waals surface area contributed by atoms with Crippen LogP contribution in [0.4, 0.5) is 5.69 Å². The molecule has 0 saturated heterocycles. The molecule has 0 aliphatic rings. The van der Waals surface area contributed by atoms with Crippen LogP contribution in [0.15, 0.2) is 53.4 Å². The third-order valence-corrected chi connectivity index (χ3v) is 5.24. The summed E-state index contributed by atoms with van der Waals surface area (Å²) in [6.45, 7) is 1.96. The summed E-state index contributed by atoms with van der Waals surface area (Å²) in [6.07, 6.45) is 0. The lowest BCUT2D eigenvalue weighted by molar-refractivity contribution is 0.0526. The Bertz CT molecular complexity index is 815. The molecule has 24 heavy (non-hydrogen) atoms. The van der Waals surface area contributed by atoms with Crippen LogP contribution in [0.2, 0.25) is 0 Å². The van der Waals surface area contributed by atoms with Crippen molar-refractivity contribution in [1.82, 2.24) is 0 Å². The molecule has 0 amide bonds. The molecule has 0 bridgehead atoms. The van der Waals surface area contributed by atoms with Gasteiger partial charge in [0.2, 0.25) is 0 Å². The minimum absolute atomic E-state index is 0.132. The number of hydrogen-bond donors (Lipinski definition) is 0. The van der Waals surface area contributed by atoms with Crippen LogP contribution in [0.3, 0.4) is 0 Å². The fourth-order valence-corrected chi connectivity index (χ4v) is 3.28. The Kier molecular flexibility index (Phi) is 5.46. The first-order chi connectivity index (χ1) is 11.4. The second-order valence-corrected chi connectivity index (χ2v) is 6.89. The minimum atomic E-state index is -3.75. The van der Waals surface area contributed by atoms with E-state index in [-0.39, 0.29) is 11.5 Å². The Morgan fingerprint density at radius 3 is 2.38 bits per heavy atom. The van der Waals surface area contributed by atoms with E-state index in [0.717, 1.165) is 4.31 Å². The number of anilines is 1. The van der Waals surface area contributed by atoms with Crippen LogP contribution in [0, 0.1) is 0 Å². The van der Waals surface area contributed by atoms with E-state index >= 15 is 0 Å². The van der Waals surface area contributed by atoms with E-state index in [0.29, 0.717) is 17.0 Å². The monoisotopic (exact) mass is 349 g/mol. The van der Waals surface area contributed by atoms with Crippen LogP contribution in [0.5, 0.6) is 5.75 Å². The number of esters is 1. The van der Waals surface area contributed by atoms with Crippen LogP contribution < -0.4 is 9.04 Å². The lowest BCUT2D eigenvalue weighted by Gasteiger charge is -2.20. The molecule has 0 radical (unpaired) electrons. The molecule has 7 heteroatoms. The van der Waals surface area contributed by atoms with Gasteiger partial charge in [0, 0.05) is 7.05 Å². The van der Waals surface area contributed by atoms with Crippen molar-refractivity contribution in [2.45, 2.75) is 11.8 Å². The summed E-state index contributed by atoms with van der Waals surface area (Å²) < 4.78 is 36.5. The van der Waals surface area contributed by atoms with E-state index < -0.39 is 16.0 Å². The van der Waals surface area contributed by atoms with Crippen molar-refractivity contribution < 1.29 is 22.7 Å². The normalized spacial score (nSPS) is 11.0. The summed E-state index contributed by atoms with van der Waals surface area (Å²) in [5.41, 5.74) is 0.669. The van der Waals surface area contributed by atoms with Gasteiger partial charge in [0.25, 0.3) is 10.0 Å². The predicted molar refractivity (Wildman–Crippen MR) is 91.0 cm³/mol. The van der Waals surface area contributed by atoms with Gasteiger partial charge in [0.05, 0.1) is 29.9 Å². The Morgan fingerprint density at radius 1 is 1.12 bits per heavy atom. The van der Waals surface area contributed by atoms with Crippen molar-refractivity contribution in [2.75, 3.05) is 25.1 Å². The molecule has 0 spiro atoms. The van der Waals surface area contributed by atoms with E-state index in [1.807, 2.05) is 0 Å².